The number of nitrogens with one attached hydrogen (secondary N) is 2. The summed E-state index contributed by atoms with van der Waals surface area (Å²) in [6, 6.07) is 1.89. The van der Waals surface area contributed by atoms with Crippen LogP contribution in [0.4, 0.5) is 5.82 Å². The molecule has 2 atom stereocenters. The first-order chi connectivity index (χ1) is 11.2. The van der Waals surface area contributed by atoms with Gasteiger partial charge in [0, 0.05) is 37.3 Å². The molecule has 1 aliphatic heterocycles. The van der Waals surface area contributed by atoms with Crippen molar-refractivity contribution in [1.82, 2.24) is 25.1 Å². The van der Waals surface area contributed by atoms with E-state index >= 15 is 0 Å². The number of carbonyl (C=O) groups is 1. The Morgan fingerprint density at radius 3 is 2.96 bits per heavy atom. The summed E-state index contributed by atoms with van der Waals surface area (Å²) in [5.41, 5.74) is 1.01. The Morgan fingerprint density at radius 2 is 2.22 bits per heavy atom. The highest BCUT2D eigenvalue weighted by molar-refractivity contribution is 5.77. The van der Waals surface area contributed by atoms with Crippen LogP contribution in [0.5, 0.6) is 0 Å². The number of hydrogen-bond acceptors (Lipinski definition) is 5. The molecule has 7 nitrogen and oxygen atoms in total. The standard InChI is InChI=1S/C16H20N6O/c1-22-9-11(8-18-22)15-12(4-5-14(23)21-15)19-13-6-7-17-16(20-13)10-2-3-10/h6-10,12,15H,2-5H2,1H3,(H,21,23)(H,17,19,20)/t12-,15+/m1/s1. The lowest BCUT2D eigenvalue weighted by molar-refractivity contribution is -0.123. The lowest BCUT2D eigenvalue weighted by Gasteiger charge is -2.32. The van der Waals surface area contributed by atoms with Crippen molar-refractivity contribution in [1.29, 1.82) is 0 Å². The van der Waals surface area contributed by atoms with Gasteiger partial charge < -0.3 is 10.6 Å². The van der Waals surface area contributed by atoms with Crippen molar-refractivity contribution in [3.05, 3.63) is 36.0 Å². The van der Waals surface area contributed by atoms with Crippen molar-refractivity contribution in [3.8, 4) is 0 Å². The Hall–Kier alpha value is -2.44. The molecular formula is C16H20N6O. The summed E-state index contributed by atoms with van der Waals surface area (Å²) in [6.45, 7) is 0. The van der Waals surface area contributed by atoms with Crippen LogP contribution in [0.15, 0.2) is 24.7 Å². The second-order valence-corrected chi connectivity index (χ2v) is 6.36. The number of aryl methyl sites for hydroxylation is 1. The molecule has 0 unspecified atom stereocenters. The van der Waals surface area contributed by atoms with Crippen molar-refractivity contribution in [2.45, 2.75) is 43.7 Å². The van der Waals surface area contributed by atoms with E-state index in [1.54, 1.807) is 10.9 Å². The first-order valence-electron chi connectivity index (χ1n) is 8.06. The maximum Gasteiger partial charge on any atom is 0.220 e. The molecule has 2 fully saturated rings. The fourth-order valence-electron chi connectivity index (χ4n) is 3.05. The van der Waals surface area contributed by atoms with Crippen LogP contribution in [0.3, 0.4) is 0 Å². The van der Waals surface area contributed by atoms with E-state index in [2.05, 4.69) is 25.7 Å². The molecule has 2 aliphatic rings. The molecule has 2 aromatic rings. The molecule has 0 spiro atoms. The van der Waals surface area contributed by atoms with E-state index in [1.807, 2.05) is 25.5 Å². The summed E-state index contributed by atoms with van der Waals surface area (Å²) in [6.07, 6.45) is 9.22. The van der Waals surface area contributed by atoms with Gasteiger partial charge in [-0.1, -0.05) is 0 Å². The number of amides is 1. The van der Waals surface area contributed by atoms with Crippen LogP contribution in [0.1, 0.15) is 49.0 Å². The van der Waals surface area contributed by atoms with Gasteiger partial charge in [-0.05, 0) is 25.3 Å². The lowest BCUT2D eigenvalue weighted by atomic mass is 9.94. The van der Waals surface area contributed by atoms with Crippen LogP contribution < -0.4 is 10.6 Å². The first kappa shape index (κ1) is 14.2. The molecular weight excluding hydrogens is 292 g/mol. The monoisotopic (exact) mass is 312 g/mol. The quantitative estimate of drug-likeness (QED) is 0.894. The largest absolute Gasteiger partial charge is 0.365 e. The Kier molecular flexibility index (Phi) is 3.48. The summed E-state index contributed by atoms with van der Waals surface area (Å²) < 4.78 is 1.75. The maximum atomic E-state index is 11.8. The zero-order chi connectivity index (χ0) is 15.8. The van der Waals surface area contributed by atoms with Gasteiger partial charge in [0.1, 0.15) is 11.6 Å². The molecule has 7 heteroatoms. The highest BCUT2D eigenvalue weighted by atomic mass is 16.1. The Bertz CT molecular complexity index is 723. The van der Waals surface area contributed by atoms with Crippen molar-refractivity contribution >= 4 is 11.7 Å². The maximum absolute atomic E-state index is 11.8. The third-order valence-corrected chi connectivity index (χ3v) is 4.44. The second kappa shape index (κ2) is 5.64. The van der Waals surface area contributed by atoms with E-state index in [4.69, 9.17) is 0 Å². The number of anilines is 1. The van der Waals surface area contributed by atoms with Crippen LogP contribution in [0, 0.1) is 0 Å². The van der Waals surface area contributed by atoms with Crippen molar-refractivity contribution in [3.63, 3.8) is 0 Å². The summed E-state index contributed by atoms with van der Waals surface area (Å²) in [5.74, 6) is 2.36. The first-order valence-corrected chi connectivity index (χ1v) is 8.06. The predicted octanol–water partition coefficient (Wildman–Crippen LogP) is 1.52. The van der Waals surface area contributed by atoms with Gasteiger partial charge >= 0.3 is 0 Å². The molecule has 1 amide bonds. The van der Waals surface area contributed by atoms with Crippen molar-refractivity contribution in [2.24, 2.45) is 7.05 Å². The third kappa shape index (κ3) is 3.04. The number of piperidine rings is 1. The smallest absolute Gasteiger partial charge is 0.220 e. The van der Waals surface area contributed by atoms with Crippen molar-refractivity contribution in [2.75, 3.05) is 5.32 Å². The van der Waals surface area contributed by atoms with Gasteiger partial charge in [-0.3, -0.25) is 9.48 Å². The normalized spacial score (nSPS) is 24.3. The van der Waals surface area contributed by atoms with Crippen LogP contribution in [0.25, 0.3) is 0 Å². The van der Waals surface area contributed by atoms with Crippen LogP contribution >= 0.6 is 0 Å². The fourth-order valence-corrected chi connectivity index (χ4v) is 3.05. The average molecular weight is 312 g/mol. The molecule has 3 heterocycles. The van der Waals surface area contributed by atoms with Gasteiger partial charge in [-0.15, -0.1) is 0 Å². The SMILES string of the molecule is Cn1cc([C@@H]2NC(=O)CC[C@H]2Nc2ccnc(C3CC3)n2)cn1. The molecule has 1 aliphatic carbocycles. The van der Waals surface area contributed by atoms with Gasteiger partial charge in [0.05, 0.1) is 18.3 Å². The summed E-state index contributed by atoms with van der Waals surface area (Å²) >= 11 is 0. The zero-order valence-electron chi connectivity index (χ0n) is 13.1. The topological polar surface area (TPSA) is 84.7 Å². The second-order valence-electron chi connectivity index (χ2n) is 6.36. The van der Waals surface area contributed by atoms with Gasteiger partial charge in [0.2, 0.25) is 5.91 Å². The lowest BCUT2D eigenvalue weighted by Crippen LogP contribution is -2.45. The van der Waals surface area contributed by atoms with Crippen molar-refractivity contribution < 1.29 is 4.79 Å². The fraction of sp³-hybridized carbons (Fsp3) is 0.500. The van der Waals surface area contributed by atoms with Gasteiger partial charge in [-0.25, -0.2) is 9.97 Å². The van der Waals surface area contributed by atoms with E-state index in [9.17, 15) is 4.79 Å². The minimum Gasteiger partial charge on any atom is -0.365 e. The average Bonchev–Trinajstić information content (AvgIpc) is 3.31. The third-order valence-electron chi connectivity index (χ3n) is 4.44. The van der Waals surface area contributed by atoms with Crippen LogP contribution in [0.2, 0.25) is 0 Å². The van der Waals surface area contributed by atoms with Gasteiger partial charge in [-0.2, -0.15) is 5.10 Å². The molecule has 2 aromatic heterocycles. The van der Waals surface area contributed by atoms with Gasteiger partial charge in [0.25, 0.3) is 0 Å². The highest BCUT2D eigenvalue weighted by Crippen LogP contribution is 2.38. The molecule has 0 radical (unpaired) electrons. The minimum absolute atomic E-state index is 0.0817. The number of hydrogen-bond donors (Lipinski definition) is 2. The van der Waals surface area contributed by atoms with Gasteiger partial charge in [0.15, 0.2) is 0 Å². The van der Waals surface area contributed by atoms with E-state index in [1.165, 1.54) is 12.8 Å². The Labute approximate surface area is 134 Å². The predicted molar refractivity (Wildman–Crippen MR) is 84.7 cm³/mol. The Morgan fingerprint density at radius 1 is 1.35 bits per heavy atom. The zero-order valence-corrected chi connectivity index (χ0v) is 13.1. The van der Waals surface area contributed by atoms with E-state index in [0.29, 0.717) is 12.3 Å². The number of rotatable bonds is 4. The van der Waals surface area contributed by atoms with E-state index < -0.39 is 0 Å². The summed E-state index contributed by atoms with van der Waals surface area (Å²) in [4.78, 5) is 20.8. The molecule has 120 valence electrons. The highest BCUT2D eigenvalue weighted by Gasteiger charge is 2.31. The van der Waals surface area contributed by atoms with E-state index in [0.717, 1.165) is 23.6 Å². The van der Waals surface area contributed by atoms with Crippen LogP contribution in [-0.2, 0) is 11.8 Å². The molecule has 1 saturated heterocycles. The molecule has 23 heavy (non-hydrogen) atoms. The summed E-state index contributed by atoms with van der Waals surface area (Å²) in [5, 5.41) is 10.8. The number of aromatic nitrogens is 4. The molecule has 1 saturated carbocycles. The summed E-state index contributed by atoms with van der Waals surface area (Å²) in [7, 11) is 1.88. The molecule has 0 bridgehead atoms. The number of carbonyl (C=O) groups excluding carboxylic acids is 1. The Balaban J connectivity index is 1.55. The van der Waals surface area contributed by atoms with Crippen LogP contribution in [-0.4, -0.2) is 31.7 Å². The molecule has 0 aromatic carbocycles. The molecule has 4 rings (SSSR count). The molecule has 2 N–H and O–H groups in total. The van der Waals surface area contributed by atoms with E-state index in [-0.39, 0.29) is 18.0 Å². The minimum atomic E-state index is -0.0932. The number of nitrogens with zero attached hydrogens (tertiary/aromatic N) is 4.